The van der Waals surface area contributed by atoms with E-state index in [0.29, 0.717) is 38.0 Å². The van der Waals surface area contributed by atoms with Crippen molar-refractivity contribution in [2.75, 3.05) is 31.1 Å². The van der Waals surface area contributed by atoms with Crippen LogP contribution in [0.5, 0.6) is 0 Å². The number of ether oxygens (including phenoxy) is 2. The number of nitrogens with zero attached hydrogens (tertiary/aromatic N) is 6. The highest BCUT2D eigenvalue weighted by atomic mass is 35.5. The molecule has 4 heterocycles. The van der Waals surface area contributed by atoms with Gasteiger partial charge in [-0.3, -0.25) is 4.98 Å². The van der Waals surface area contributed by atoms with Crippen molar-refractivity contribution in [3.05, 3.63) is 35.9 Å². The monoisotopic (exact) mass is 558 g/mol. The van der Waals surface area contributed by atoms with Gasteiger partial charge in [0.15, 0.2) is 5.82 Å². The summed E-state index contributed by atoms with van der Waals surface area (Å²) in [4.78, 5) is 30.6. The predicted molar refractivity (Wildman–Crippen MR) is 154 cm³/mol. The molecule has 9 nitrogen and oxygen atoms in total. The number of hydrogen-bond acceptors (Lipinski definition) is 7. The van der Waals surface area contributed by atoms with Gasteiger partial charge in [-0.05, 0) is 45.9 Å². The molecule has 1 amide bonds. The molecule has 206 valence electrons. The Kier molecular flexibility index (Phi) is 8.34. The first-order chi connectivity index (χ1) is 17.8. The number of halogens is 1. The van der Waals surface area contributed by atoms with E-state index in [0.717, 1.165) is 34.2 Å². The SMILES string of the molecule is C[C@H]1CN(C(=O)OC(C)(C)C)CCN1c1ncnc2c(-c3cc(Cl)ccn3)cn(COCC[Si](C)(C)C)c12. The molecular formula is C27H39ClN6O3Si. The van der Waals surface area contributed by atoms with Crippen LogP contribution >= 0.6 is 11.6 Å². The van der Waals surface area contributed by atoms with Crippen molar-refractivity contribution in [2.24, 2.45) is 0 Å². The summed E-state index contributed by atoms with van der Waals surface area (Å²) >= 11 is 6.30. The maximum Gasteiger partial charge on any atom is 0.410 e. The van der Waals surface area contributed by atoms with E-state index in [1.165, 1.54) is 0 Å². The quantitative estimate of drug-likeness (QED) is 0.263. The van der Waals surface area contributed by atoms with Gasteiger partial charge < -0.3 is 23.8 Å². The molecule has 3 aromatic heterocycles. The highest BCUT2D eigenvalue weighted by Crippen LogP contribution is 2.35. The van der Waals surface area contributed by atoms with Crippen molar-refractivity contribution in [2.45, 2.75) is 71.8 Å². The van der Waals surface area contributed by atoms with Gasteiger partial charge in [-0.1, -0.05) is 31.2 Å². The van der Waals surface area contributed by atoms with Gasteiger partial charge in [0.25, 0.3) is 0 Å². The predicted octanol–water partition coefficient (Wildman–Crippen LogP) is 5.90. The van der Waals surface area contributed by atoms with Gasteiger partial charge in [-0.2, -0.15) is 0 Å². The lowest BCUT2D eigenvalue weighted by Crippen LogP contribution is -2.55. The molecular weight excluding hydrogens is 520 g/mol. The molecule has 0 spiro atoms. The number of carbonyl (C=O) groups excluding carboxylic acids is 1. The van der Waals surface area contributed by atoms with Crippen LogP contribution in [0, 0.1) is 0 Å². The van der Waals surface area contributed by atoms with E-state index in [4.69, 9.17) is 26.1 Å². The van der Waals surface area contributed by atoms with Crippen LogP contribution in [0.1, 0.15) is 27.7 Å². The third-order valence-electron chi connectivity index (χ3n) is 6.41. The minimum absolute atomic E-state index is 0.0262. The van der Waals surface area contributed by atoms with Crippen LogP contribution in [-0.2, 0) is 16.2 Å². The maximum absolute atomic E-state index is 12.7. The Hall–Kier alpha value is -2.69. The number of amides is 1. The molecule has 1 atom stereocenters. The second-order valence-electron chi connectivity index (χ2n) is 12.1. The zero-order valence-corrected chi connectivity index (χ0v) is 25.2. The lowest BCUT2D eigenvalue weighted by Gasteiger charge is -2.41. The number of rotatable bonds is 7. The van der Waals surface area contributed by atoms with Crippen LogP contribution in [0.3, 0.4) is 0 Å². The number of anilines is 1. The number of hydrogen-bond donors (Lipinski definition) is 0. The van der Waals surface area contributed by atoms with Crippen LogP contribution in [-0.4, -0.2) is 76.5 Å². The van der Waals surface area contributed by atoms with E-state index >= 15 is 0 Å². The zero-order chi connectivity index (χ0) is 27.7. The van der Waals surface area contributed by atoms with E-state index in [2.05, 4.69) is 46.0 Å². The molecule has 1 aliphatic rings. The van der Waals surface area contributed by atoms with Crippen molar-refractivity contribution < 1.29 is 14.3 Å². The molecule has 4 rings (SSSR count). The molecule has 11 heteroatoms. The molecule has 0 aliphatic carbocycles. The fourth-order valence-corrected chi connectivity index (χ4v) is 5.39. The molecule has 1 fully saturated rings. The van der Waals surface area contributed by atoms with Crippen molar-refractivity contribution >= 4 is 42.6 Å². The second kappa shape index (κ2) is 11.2. The van der Waals surface area contributed by atoms with Crippen molar-refractivity contribution in [3.8, 4) is 11.3 Å². The van der Waals surface area contributed by atoms with E-state index in [1.54, 1.807) is 23.5 Å². The molecule has 0 N–H and O–H groups in total. The minimum Gasteiger partial charge on any atom is -0.444 e. The third kappa shape index (κ3) is 6.84. The largest absolute Gasteiger partial charge is 0.444 e. The summed E-state index contributed by atoms with van der Waals surface area (Å²) in [6, 6.07) is 4.72. The Bertz CT molecular complexity index is 1290. The van der Waals surface area contributed by atoms with Crippen LogP contribution in [0.4, 0.5) is 10.6 Å². The Balaban J connectivity index is 1.67. The molecule has 0 unspecified atom stereocenters. The summed E-state index contributed by atoms with van der Waals surface area (Å²) < 4.78 is 13.8. The van der Waals surface area contributed by atoms with E-state index < -0.39 is 13.7 Å². The lowest BCUT2D eigenvalue weighted by molar-refractivity contribution is 0.0218. The average molecular weight is 559 g/mol. The van der Waals surface area contributed by atoms with Gasteiger partial charge in [0.05, 0.1) is 5.69 Å². The van der Waals surface area contributed by atoms with Gasteiger partial charge in [0.2, 0.25) is 0 Å². The fourth-order valence-electron chi connectivity index (χ4n) is 4.47. The second-order valence-corrected chi connectivity index (χ2v) is 18.1. The number of piperazine rings is 1. The number of carbonyl (C=O) groups is 1. The van der Waals surface area contributed by atoms with Gasteiger partial charge in [-0.15, -0.1) is 0 Å². The Morgan fingerprint density at radius 3 is 2.61 bits per heavy atom. The summed E-state index contributed by atoms with van der Waals surface area (Å²) in [5.74, 6) is 0.813. The highest BCUT2D eigenvalue weighted by Gasteiger charge is 2.32. The molecule has 1 aliphatic heterocycles. The summed E-state index contributed by atoms with van der Waals surface area (Å²) in [5.41, 5.74) is 2.77. The smallest absolute Gasteiger partial charge is 0.410 e. The zero-order valence-electron chi connectivity index (χ0n) is 23.5. The average Bonchev–Trinajstić information content (AvgIpc) is 3.19. The number of fused-ring (bicyclic) bond motifs is 1. The van der Waals surface area contributed by atoms with Gasteiger partial charge in [0.1, 0.15) is 29.7 Å². The lowest BCUT2D eigenvalue weighted by atomic mass is 10.1. The molecule has 0 saturated carbocycles. The number of aromatic nitrogens is 4. The van der Waals surface area contributed by atoms with Gasteiger partial charge in [0, 0.05) is 63.3 Å². The van der Waals surface area contributed by atoms with Crippen molar-refractivity contribution in [3.63, 3.8) is 0 Å². The molecule has 1 saturated heterocycles. The molecule has 0 aromatic carbocycles. The molecule has 0 radical (unpaired) electrons. The number of pyridine rings is 1. The fraction of sp³-hybridized carbons (Fsp3) is 0.556. The Morgan fingerprint density at radius 2 is 1.95 bits per heavy atom. The first-order valence-electron chi connectivity index (χ1n) is 13.1. The molecule has 0 bridgehead atoms. The van der Waals surface area contributed by atoms with Crippen molar-refractivity contribution in [1.29, 1.82) is 0 Å². The van der Waals surface area contributed by atoms with Crippen LogP contribution < -0.4 is 4.90 Å². The van der Waals surface area contributed by atoms with E-state index in [9.17, 15) is 4.79 Å². The summed E-state index contributed by atoms with van der Waals surface area (Å²) in [6.07, 6.45) is 5.03. The van der Waals surface area contributed by atoms with Gasteiger partial charge >= 0.3 is 6.09 Å². The third-order valence-corrected chi connectivity index (χ3v) is 8.35. The van der Waals surface area contributed by atoms with Crippen molar-refractivity contribution in [1.82, 2.24) is 24.4 Å². The summed E-state index contributed by atoms with van der Waals surface area (Å²) in [5, 5.41) is 0.614. The first kappa shape index (κ1) is 28.3. The Labute approximate surface area is 231 Å². The topological polar surface area (TPSA) is 85.6 Å². The first-order valence-corrected chi connectivity index (χ1v) is 17.2. The minimum atomic E-state index is -1.21. The summed E-state index contributed by atoms with van der Waals surface area (Å²) in [6.45, 7) is 17.6. The normalized spacial score (nSPS) is 16.8. The molecule has 38 heavy (non-hydrogen) atoms. The van der Waals surface area contributed by atoms with Crippen LogP contribution in [0.2, 0.25) is 30.7 Å². The molecule has 3 aromatic rings. The van der Waals surface area contributed by atoms with Crippen LogP contribution in [0.25, 0.3) is 22.3 Å². The van der Waals surface area contributed by atoms with E-state index in [1.807, 2.05) is 33.0 Å². The van der Waals surface area contributed by atoms with Gasteiger partial charge in [-0.25, -0.2) is 14.8 Å². The summed E-state index contributed by atoms with van der Waals surface area (Å²) in [7, 11) is -1.21. The van der Waals surface area contributed by atoms with Crippen LogP contribution in [0.15, 0.2) is 30.9 Å². The highest BCUT2D eigenvalue weighted by molar-refractivity contribution is 6.76. The van der Waals surface area contributed by atoms with E-state index in [-0.39, 0.29) is 12.1 Å². The Morgan fingerprint density at radius 1 is 1.18 bits per heavy atom. The maximum atomic E-state index is 12.7. The standard InChI is InChI=1S/C27H39ClN6O3Si/c1-19-15-32(26(35)37-27(2,3)4)10-11-34(19)25-24-23(30-17-31-25)21(22-14-20(28)8-9-29-22)16-33(24)18-36-12-13-38(5,6)7/h8-9,14,16-17,19H,10-13,15,18H2,1-7H3/t19-/m0/s1.